The molecule has 3 aromatic rings. The van der Waals surface area contributed by atoms with E-state index in [0.29, 0.717) is 23.9 Å². The molecule has 8 heteroatoms. The number of nitrogens with zero attached hydrogens (tertiary/aromatic N) is 5. The molecule has 1 N–H and O–H groups in total. The van der Waals surface area contributed by atoms with Gasteiger partial charge < -0.3 is 5.32 Å². The molecule has 0 saturated heterocycles. The average Bonchev–Trinajstić information content (AvgIpc) is 3.28. The van der Waals surface area contributed by atoms with E-state index in [-0.39, 0.29) is 5.91 Å². The van der Waals surface area contributed by atoms with Gasteiger partial charge in [-0.2, -0.15) is 5.10 Å². The lowest BCUT2D eigenvalue weighted by molar-refractivity contribution is -0.116. The highest BCUT2D eigenvalue weighted by Crippen LogP contribution is 2.35. The van der Waals surface area contributed by atoms with Crippen LogP contribution in [0.15, 0.2) is 6.07 Å². The van der Waals surface area contributed by atoms with Crippen LogP contribution in [-0.2, 0) is 11.2 Å². The molecule has 0 unspecified atom stereocenters. The Hall–Kier alpha value is -2.35. The molecule has 3 heterocycles. The van der Waals surface area contributed by atoms with E-state index in [0.717, 1.165) is 33.3 Å². The minimum atomic E-state index is -0.0399. The van der Waals surface area contributed by atoms with Crippen molar-refractivity contribution in [2.75, 3.05) is 5.32 Å². The Morgan fingerprint density at radius 2 is 2.00 bits per heavy atom. The first-order valence-electron chi connectivity index (χ1n) is 9.97. The van der Waals surface area contributed by atoms with Gasteiger partial charge in [0.15, 0.2) is 5.65 Å². The number of amides is 1. The van der Waals surface area contributed by atoms with E-state index >= 15 is 0 Å². The number of hydrogen-bond donors (Lipinski definition) is 1. The van der Waals surface area contributed by atoms with Crippen LogP contribution >= 0.6 is 11.3 Å². The molecule has 0 spiro atoms. The maximum Gasteiger partial charge on any atom is 0.226 e. The molecule has 1 saturated carbocycles. The molecule has 0 bridgehead atoms. The van der Waals surface area contributed by atoms with Crippen LogP contribution in [0, 0.1) is 20.8 Å². The van der Waals surface area contributed by atoms with Gasteiger partial charge in [-0.25, -0.2) is 9.50 Å². The van der Waals surface area contributed by atoms with Gasteiger partial charge in [-0.05, 0) is 45.6 Å². The number of carbonyl (C=O) groups is 1. The molecule has 0 atom stereocenters. The molecule has 0 aliphatic heterocycles. The summed E-state index contributed by atoms with van der Waals surface area (Å²) in [5.74, 6) is 0.472. The van der Waals surface area contributed by atoms with Crippen LogP contribution in [-0.4, -0.2) is 30.7 Å². The van der Waals surface area contributed by atoms with Crippen LogP contribution in [0.2, 0.25) is 0 Å². The fourth-order valence-electron chi connectivity index (χ4n) is 4.02. The summed E-state index contributed by atoms with van der Waals surface area (Å²) in [5.41, 5.74) is 4.86. The second kappa shape index (κ2) is 7.95. The third-order valence-corrected chi connectivity index (χ3v) is 6.53. The van der Waals surface area contributed by atoms with E-state index in [1.807, 2.05) is 31.4 Å². The first-order valence-corrected chi connectivity index (χ1v) is 10.8. The third kappa shape index (κ3) is 3.92. The normalized spacial score (nSPS) is 15.2. The monoisotopic (exact) mass is 398 g/mol. The molecule has 3 aromatic heterocycles. The fourth-order valence-corrected chi connectivity index (χ4v) is 4.95. The van der Waals surface area contributed by atoms with Crippen molar-refractivity contribution in [3.05, 3.63) is 33.7 Å². The van der Waals surface area contributed by atoms with E-state index in [4.69, 9.17) is 0 Å². The van der Waals surface area contributed by atoms with Crippen molar-refractivity contribution in [1.29, 1.82) is 0 Å². The van der Waals surface area contributed by atoms with Crippen LogP contribution < -0.4 is 5.32 Å². The molecule has 1 aliphatic carbocycles. The van der Waals surface area contributed by atoms with Gasteiger partial charge in [0.2, 0.25) is 11.0 Å². The molecule has 148 valence electrons. The Morgan fingerprint density at radius 1 is 1.21 bits per heavy atom. The molecule has 4 rings (SSSR count). The fraction of sp³-hybridized carbons (Fsp3) is 0.550. The van der Waals surface area contributed by atoms with Crippen molar-refractivity contribution in [2.45, 2.75) is 71.6 Å². The second-order valence-corrected chi connectivity index (χ2v) is 8.65. The molecule has 28 heavy (non-hydrogen) atoms. The van der Waals surface area contributed by atoms with E-state index in [9.17, 15) is 4.79 Å². The van der Waals surface area contributed by atoms with Gasteiger partial charge in [0.1, 0.15) is 5.01 Å². The molecule has 7 nitrogen and oxygen atoms in total. The van der Waals surface area contributed by atoms with E-state index < -0.39 is 0 Å². The summed E-state index contributed by atoms with van der Waals surface area (Å²) in [7, 11) is 0. The minimum absolute atomic E-state index is 0.0399. The maximum absolute atomic E-state index is 12.4. The summed E-state index contributed by atoms with van der Waals surface area (Å²) >= 11 is 1.52. The largest absolute Gasteiger partial charge is 0.301 e. The zero-order chi connectivity index (χ0) is 19.7. The van der Waals surface area contributed by atoms with Gasteiger partial charge in [0.25, 0.3) is 0 Å². The highest BCUT2D eigenvalue weighted by Gasteiger charge is 2.20. The maximum atomic E-state index is 12.4. The molecular formula is C20H26N6OS. The van der Waals surface area contributed by atoms with E-state index in [2.05, 4.69) is 25.6 Å². The number of carbonyl (C=O) groups excluding carboxylic acids is 1. The van der Waals surface area contributed by atoms with E-state index in [1.54, 1.807) is 0 Å². The van der Waals surface area contributed by atoms with Crippen molar-refractivity contribution in [1.82, 2.24) is 24.8 Å². The molecule has 0 radical (unpaired) electrons. The van der Waals surface area contributed by atoms with Crippen LogP contribution in [0.5, 0.6) is 0 Å². The Morgan fingerprint density at radius 3 is 2.79 bits per heavy atom. The minimum Gasteiger partial charge on any atom is -0.301 e. The van der Waals surface area contributed by atoms with Crippen molar-refractivity contribution in [3.8, 4) is 0 Å². The van der Waals surface area contributed by atoms with Gasteiger partial charge in [0, 0.05) is 29.8 Å². The number of rotatable bonds is 5. The predicted octanol–water partition coefficient (Wildman–Crippen LogP) is 4.13. The van der Waals surface area contributed by atoms with Gasteiger partial charge >= 0.3 is 0 Å². The lowest BCUT2D eigenvalue weighted by atomic mass is 9.90. The van der Waals surface area contributed by atoms with E-state index in [1.165, 1.54) is 43.4 Å². The standard InChI is InChI=1S/C20H26N6OS/c1-12-11-17-21-13(2)16(14(3)26(17)25-12)9-10-18(27)22-20-24-23-19(28-20)15-7-5-4-6-8-15/h11,15H,4-10H2,1-3H3,(H,22,24,27). The number of anilines is 1. The van der Waals surface area contributed by atoms with Gasteiger partial charge in [-0.15, -0.1) is 10.2 Å². The number of fused-ring (bicyclic) bond motifs is 1. The van der Waals surface area contributed by atoms with Crippen molar-refractivity contribution in [2.24, 2.45) is 0 Å². The summed E-state index contributed by atoms with van der Waals surface area (Å²) in [6, 6.07) is 1.97. The topological polar surface area (TPSA) is 85.1 Å². The number of nitrogens with one attached hydrogen (secondary N) is 1. The summed E-state index contributed by atoms with van der Waals surface area (Å²) in [6.07, 6.45) is 7.22. The number of hydrogen-bond acceptors (Lipinski definition) is 6. The summed E-state index contributed by atoms with van der Waals surface area (Å²) in [5, 5.41) is 17.6. The molecule has 0 aromatic carbocycles. The summed E-state index contributed by atoms with van der Waals surface area (Å²) < 4.78 is 1.86. The Bertz CT molecular complexity index is 1000. The zero-order valence-corrected chi connectivity index (χ0v) is 17.5. The molecule has 1 amide bonds. The van der Waals surface area contributed by atoms with Gasteiger partial charge in [0.05, 0.1) is 5.69 Å². The zero-order valence-electron chi connectivity index (χ0n) is 16.7. The molecule has 1 aliphatic rings. The quantitative estimate of drug-likeness (QED) is 0.699. The second-order valence-electron chi connectivity index (χ2n) is 7.65. The van der Waals surface area contributed by atoms with Crippen molar-refractivity contribution < 1.29 is 4.79 Å². The lowest BCUT2D eigenvalue weighted by Crippen LogP contribution is -2.14. The highest BCUT2D eigenvalue weighted by molar-refractivity contribution is 7.15. The van der Waals surface area contributed by atoms with Gasteiger partial charge in [-0.3, -0.25) is 4.79 Å². The third-order valence-electron chi connectivity index (χ3n) is 5.53. The van der Waals surface area contributed by atoms with Crippen LogP contribution in [0.4, 0.5) is 5.13 Å². The smallest absolute Gasteiger partial charge is 0.226 e. The number of aromatic nitrogens is 5. The predicted molar refractivity (Wildman–Crippen MR) is 110 cm³/mol. The average molecular weight is 399 g/mol. The molecular weight excluding hydrogens is 372 g/mol. The first-order chi connectivity index (χ1) is 13.5. The van der Waals surface area contributed by atoms with Crippen LogP contribution in [0.3, 0.4) is 0 Å². The van der Waals surface area contributed by atoms with Crippen LogP contribution in [0.25, 0.3) is 5.65 Å². The van der Waals surface area contributed by atoms with Crippen molar-refractivity contribution in [3.63, 3.8) is 0 Å². The lowest BCUT2D eigenvalue weighted by Gasteiger charge is -2.18. The highest BCUT2D eigenvalue weighted by atomic mass is 32.1. The van der Waals surface area contributed by atoms with Gasteiger partial charge in [-0.1, -0.05) is 30.6 Å². The Kier molecular flexibility index (Phi) is 5.39. The van der Waals surface area contributed by atoms with Crippen LogP contribution in [0.1, 0.15) is 72.1 Å². The SMILES string of the molecule is Cc1cc2nc(C)c(CCC(=O)Nc3nnc(C4CCCCC4)s3)c(C)n2n1. The van der Waals surface area contributed by atoms with Crippen molar-refractivity contribution >= 4 is 28.0 Å². The Labute approximate surface area is 168 Å². The Balaban J connectivity index is 1.40. The number of aryl methyl sites for hydroxylation is 3. The summed E-state index contributed by atoms with van der Waals surface area (Å²) in [4.78, 5) is 17.1. The molecule has 1 fully saturated rings. The first kappa shape index (κ1) is 19.0. The summed E-state index contributed by atoms with van der Waals surface area (Å²) in [6.45, 7) is 5.98.